The smallest absolute Gasteiger partial charge is 0.456 e. The third kappa shape index (κ3) is 12.6. The lowest BCUT2D eigenvalue weighted by atomic mass is 9.79. The van der Waals surface area contributed by atoms with Crippen molar-refractivity contribution in [3.63, 3.8) is 0 Å². The summed E-state index contributed by atoms with van der Waals surface area (Å²) in [5.41, 5.74) is 7.57. The first-order chi connectivity index (χ1) is 72.7. The lowest BCUT2D eigenvalue weighted by molar-refractivity contribution is 0.425. The third-order valence-corrected chi connectivity index (χ3v) is 22.8. The molecule has 0 amide bonds. The largest absolute Gasteiger partial charge is 0.492 e. The highest BCUT2D eigenvalue weighted by Gasteiger charge is 2.26. The molecular weight excluding hydrogens is 1480 g/mol. The summed E-state index contributed by atoms with van der Waals surface area (Å²) < 4.78 is 269. The predicted octanol–water partition coefficient (Wildman–Crippen LogP) is 31.1. The van der Waals surface area contributed by atoms with E-state index in [1.807, 2.05) is 127 Å². The molecule has 122 heavy (non-hydrogen) atoms. The maximum absolute atomic E-state index is 9.87. The summed E-state index contributed by atoms with van der Waals surface area (Å²) in [6, 6.07) is 66.4. The fourth-order valence-electron chi connectivity index (χ4n) is 17.7. The van der Waals surface area contributed by atoms with Crippen LogP contribution in [-0.4, -0.2) is 17.2 Å². The predicted molar refractivity (Wildman–Crippen MR) is 517 cm³/mol. The standard InChI is InChI=1S/C58H36O.C35H24.C24H17BO3/c1-4-17-37(18-5-1)43-33-34-52-50-29-16-30-51(57(50)59-58(52)56(43)39-21-8-3-9-22-39)53-36-41-35-40(31-32-42(41)44-23-10-11-24-45(44)53)55-48-27-14-12-25-46(48)54(38-19-6-2-7-20-38)47-26-13-15-28-49(47)55;1-23-21-26-22-25(19-20-28(26)29-14-6-5-13-27(23)29)35-32-17-9-7-15-30(32)34(24-11-3-2-4-12-24)31-16-8-10-18-33(31)35;26-25(27)21-13-7-12-19-20-15-14-18(16-8-3-1-4-9-16)22(24(20)28-23(19)21)17-10-5-2-6-11-17/h1-36H;2-22H,1H3;1-15,26-27H/i1D,2D,3D,4D,5D,6D,7D,8D,9D,17D,18D,19D,20D,21D,22D;2D,3D,4D,11D,12D;1D,2D,3D,4D,5D,6D,8D,9D,10D,11D. The molecule has 0 fully saturated rings. The molecule has 0 spiro atoms. The van der Waals surface area contributed by atoms with Crippen molar-refractivity contribution in [2.24, 2.45) is 0 Å². The van der Waals surface area contributed by atoms with Gasteiger partial charge in [-0.3, -0.25) is 0 Å². The zero-order valence-electron chi connectivity index (χ0n) is 94.5. The van der Waals surface area contributed by atoms with E-state index in [2.05, 4.69) is 91.9 Å². The number of fused-ring (bicyclic) bond motifs is 16. The molecule has 0 unspecified atom stereocenters. The Bertz CT molecular complexity index is 9940. The van der Waals surface area contributed by atoms with Crippen molar-refractivity contribution in [2.75, 3.05) is 0 Å². The van der Waals surface area contributed by atoms with E-state index >= 15 is 0 Å². The molecule has 572 valence electrons. The highest BCUT2D eigenvalue weighted by molar-refractivity contribution is 6.62. The van der Waals surface area contributed by atoms with E-state index < -0.39 is 146 Å². The number of rotatable bonds is 10. The van der Waals surface area contributed by atoms with Crippen LogP contribution in [0.15, 0.2) is 445 Å². The second-order valence-electron chi connectivity index (χ2n) is 29.5. The number of para-hydroxylation sites is 2. The Morgan fingerprint density at radius 3 is 0.902 bits per heavy atom. The van der Waals surface area contributed by atoms with Gasteiger partial charge in [-0.1, -0.05) is 406 Å². The van der Waals surface area contributed by atoms with Crippen LogP contribution in [0.2, 0.25) is 0 Å². The van der Waals surface area contributed by atoms with Gasteiger partial charge in [-0.2, -0.15) is 0 Å². The van der Waals surface area contributed by atoms with Crippen LogP contribution < -0.4 is 5.46 Å². The Hall–Kier alpha value is -15.5. The summed E-state index contributed by atoms with van der Waals surface area (Å²) in [5, 5.41) is 36.9. The Kier molecular flexibility index (Phi) is 12.1. The Morgan fingerprint density at radius 2 is 0.500 bits per heavy atom. The quantitative estimate of drug-likeness (QED) is 0.0813. The number of furan rings is 2. The van der Waals surface area contributed by atoms with Crippen molar-refractivity contribution in [1.29, 1.82) is 0 Å². The summed E-state index contributed by atoms with van der Waals surface area (Å²) in [5.74, 6) is 0. The van der Waals surface area contributed by atoms with Gasteiger partial charge in [-0.05, 0) is 212 Å². The van der Waals surface area contributed by atoms with Gasteiger partial charge in [-0.25, -0.2) is 0 Å². The van der Waals surface area contributed by atoms with E-state index in [1.54, 1.807) is 30.3 Å². The molecule has 22 aromatic carbocycles. The first-order valence-corrected chi connectivity index (χ1v) is 39.3. The fraction of sp³-hybridized carbons (Fsp3) is 0.00855. The SMILES string of the molecule is [2H]c1c([2H])c([2H])c(-c2c3ccccc3c(-c3ccc4c(c3)cc(C)c3ccccc34)c3ccccc23)c([2H])c1[2H].[2H]c1c([2H])c([2H])c(-c2ccc3c(oc4c(-c5cc6cc(-c7c8ccccc8c(-c8c([2H])c([2H])c([2H])c([2H])c8[2H])c8ccccc78)ccc6c6ccccc56)cccc43)c2-c2c([2H])c([2H])c([2H])c([2H])c2[2H])c([2H])c1[2H].[2H]c1c([2H])c([2H])c(-c2ccc3c(oc4c(B(O)O)cccc43)c2-c2c([2H])c([2H])c([2H])c([2H])c2[2H])c([2H])c1[2H]. The Morgan fingerprint density at radius 1 is 0.205 bits per heavy atom. The minimum absolute atomic E-state index is 0.0156. The van der Waals surface area contributed by atoms with Crippen LogP contribution in [-0.2, 0) is 0 Å². The Labute approximate surface area is 748 Å². The molecule has 2 N–H and O–H groups in total. The summed E-state index contributed by atoms with van der Waals surface area (Å²) in [7, 11) is -1.90. The molecule has 2 heterocycles. The van der Waals surface area contributed by atoms with E-state index in [1.165, 1.54) is 33.9 Å². The minimum Gasteiger partial charge on any atom is -0.456 e. The van der Waals surface area contributed by atoms with Crippen molar-refractivity contribution in [3.8, 4) is 100 Å². The van der Waals surface area contributed by atoms with Crippen molar-refractivity contribution in [1.82, 2.24) is 0 Å². The van der Waals surface area contributed by atoms with Crippen LogP contribution in [0.1, 0.15) is 46.7 Å². The third-order valence-electron chi connectivity index (χ3n) is 22.8. The molecule has 0 aliphatic heterocycles. The number of benzene rings is 22. The summed E-state index contributed by atoms with van der Waals surface area (Å²) in [4.78, 5) is 0. The van der Waals surface area contributed by atoms with Gasteiger partial charge < -0.3 is 18.9 Å². The van der Waals surface area contributed by atoms with Crippen LogP contribution in [0.25, 0.3) is 230 Å². The second-order valence-corrected chi connectivity index (χ2v) is 29.5. The van der Waals surface area contributed by atoms with Crippen LogP contribution in [0.4, 0.5) is 0 Å². The van der Waals surface area contributed by atoms with Gasteiger partial charge in [0.15, 0.2) is 0 Å². The minimum atomic E-state index is -1.90. The molecule has 5 heteroatoms. The van der Waals surface area contributed by atoms with Crippen LogP contribution in [0, 0.1) is 6.92 Å². The molecule has 2 aromatic heterocycles. The van der Waals surface area contributed by atoms with Gasteiger partial charge in [0.2, 0.25) is 0 Å². The molecule has 0 atom stereocenters. The average molecular weight is 1590 g/mol. The molecule has 24 aromatic rings. The summed E-state index contributed by atoms with van der Waals surface area (Å²) >= 11 is 0. The molecule has 0 aliphatic rings. The molecule has 24 rings (SSSR count). The zero-order valence-corrected chi connectivity index (χ0v) is 64.5. The van der Waals surface area contributed by atoms with Gasteiger partial charge in [0.25, 0.3) is 0 Å². The molecule has 4 nitrogen and oxygen atoms in total. The normalized spacial score (nSPS) is 15.0. The van der Waals surface area contributed by atoms with Crippen molar-refractivity contribution < 1.29 is 60.0 Å². The topological polar surface area (TPSA) is 66.7 Å². The number of hydrogen-bond donors (Lipinski definition) is 2. The lowest BCUT2D eigenvalue weighted by Gasteiger charge is -2.18. The molecule has 0 radical (unpaired) electrons. The van der Waals surface area contributed by atoms with E-state index in [0.717, 1.165) is 87.1 Å². The number of hydrogen-bond acceptors (Lipinski definition) is 4. The highest BCUT2D eigenvalue weighted by atomic mass is 16.4. The molecule has 0 saturated carbocycles. The van der Waals surface area contributed by atoms with Crippen LogP contribution in [0.3, 0.4) is 0 Å². The summed E-state index contributed by atoms with van der Waals surface area (Å²) in [6.07, 6.45) is 0. The number of aryl methyl sites for hydroxylation is 1. The highest BCUT2D eigenvalue weighted by Crippen LogP contribution is 2.51. The van der Waals surface area contributed by atoms with E-state index in [0.29, 0.717) is 54.6 Å². The first kappa shape index (κ1) is 47.8. The maximum Gasteiger partial charge on any atom is 0.492 e. The van der Waals surface area contributed by atoms with Gasteiger partial charge >= 0.3 is 7.12 Å². The Balaban J connectivity index is 0.000000141. The van der Waals surface area contributed by atoms with Crippen LogP contribution >= 0.6 is 0 Å². The van der Waals surface area contributed by atoms with E-state index in [4.69, 9.17) is 50.0 Å². The summed E-state index contributed by atoms with van der Waals surface area (Å²) in [6.45, 7) is 2.15. The fourth-order valence-corrected chi connectivity index (χ4v) is 17.7. The molecule has 0 bridgehead atoms. The monoisotopic (exact) mass is 1590 g/mol. The van der Waals surface area contributed by atoms with Crippen molar-refractivity contribution in [2.45, 2.75) is 6.92 Å². The van der Waals surface area contributed by atoms with Crippen molar-refractivity contribution in [3.05, 3.63) is 442 Å². The molecular formula is C117H77BO4. The van der Waals surface area contributed by atoms with Gasteiger partial charge in [0.1, 0.15) is 22.3 Å². The van der Waals surface area contributed by atoms with E-state index in [-0.39, 0.29) is 120 Å². The average Bonchev–Trinajstić information content (AvgIpc) is 1.41. The van der Waals surface area contributed by atoms with E-state index in [9.17, 15) is 10.0 Å². The van der Waals surface area contributed by atoms with Gasteiger partial charge in [0, 0.05) is 43.7 Å². The van der Waals surface area contributed by atoms with Gasteiger partial charge in [-0.15, -0.1) is 0 Å². The maximum atomic E-state index is 9.87. The molecule has 0 saturated heterocycles. The molecule has 0 aliphatic carbocycles. The lowest BCUT2D eigenvalue weighted by Crippen LogP contribution is -2.29. The van der Waals surface area contributed by atoms with Gasteiger partial charge in [0.05, 0.1) is 41.1 Å². The zero-order chi connectivity index (χ0) is 107. The van der Waals surface area contributed by atoms with Crippen LogP contribution in [0.5, 0.6) is 0 Å². The van der Waals surface area contributed by atoms with Crippen molar-refractivity contribution >= 4 is 143 Å². The second kappa shape index (κ2) is 30.8. The first-order valence-electron chi connectivity index (χ1n) is 54.3.